The van der Waals surface area contributed by atoms with Crippen molar-refractivity contribution in [3.8, 4) is 0 Å². The van der Waals surface area contributed by atoms with Gasteiger partial charge in [-0.05, 0) is 18.3 Å². The summed E-state index contributed by atoms with van der Waals surface area (Å²) in [5.74, 6) is -0.0685. The van der Waals surface area contributed by atoms with E-state index in [2.05, 4.69) is 24.1 Å². The average molecular weight is 256 g/mol. The van der Waals surface area contributed by atoms with E-state index in [0.29, 0.717) is 6.54 Å². The summed E-state index contributed by atoms with van der Waals surface area (Å²) >= 11 is 0. The normalized spacial score (nSPS) is 33.2. The highest BCUT2D eigenvalue weighted by Gasteiger charge is 2.36. The van der Waals surface area contributed by atoms with Crippen LogP contribution in [0.1, 0.15) is 26.7 Å². The Bertz CT molecular complexity index is 301. The first kappa shape index (κ1) is 13.8. The number of hydrogen-bond acceptors (Lipinski definition) is 4. The van der Waals surface area contributed by atoms with Crippen LogP contribution < -0.4 is 5.32 Å². The molecule has 2 saturated heterocycles. The summed E-state index contributed by atoms with van der Waals surface area (Å²) in [6, 6.07) is -0.434. The molecule has 2 rings (SSSR count). The number of amides is 1. The topological polar surface area (TPSA) is 61.8 Å². The monoisotopic (exact) mass is 256 g/mol. The fraction of sp³-hybridized carbons (Fsp3) is 0.923. The molecular formula is C13H24N2O3. The predicted octanol–water partition coefficient (Wildman–Crippen LogP) is -0.0157. The molecule has 0 radical (unpaired) electrons. The third-order valence-electron chi connectivity index (χ3n) is 3.75. The molecule has 104 valence electrons. The number of aliphatic hydroxyl groups is 1. The highest BCUT2D eigenvalue weighted by molar-refractivity contribution is 5.82. The number of nitrogens with zero attached hydrogens (tertiary/aromatic N) is 1. The van der Waals surface area contributed by atoms with Gasteiger partial charge in [-0.1, -0.05) is 13.8 Å². The number of carbonyl (C=O) groups is 1. The van der Waals surface area contributed by atoms with Crippen LogP contribution in [-0.4, -0.2) is 60.9 Å². The zero-order valence-corrected chi connectivity index (χ0v) is 11.3. The van der Waals surface area contributed by atoms with Crippen molar-refractivity contribution in [2.75, 3.05) is 32.8 Å². The van der Waals surface area contributed by atoms with Crippen molar-refractivity contribution in [3.05, 3.63) is 0 Å². The van der Waals surface area contributed by atoms with E-state index >= 15 is 0 Å². The lowest BCUT2D eigenvalue weighted by Gasteiger charge is -2.33. The molecule has 2 atom stereocenters. The fourth-order valence-electron chi connectivity index (χ4n) is 2.77. The van der Waals surface area contributed by atoms with E-state index in [4.69, 9.17) is 4.74 Å². The Kier molecular flexibility index (Phi) is 4.25. The van der Waals surface area contributed by atoms with Crippen molar-refractivity contribution < 1.29 is 14.6 Å². The molecule has 0 aromatic carbocycles. The minimum absolute atomic E-state index is 0.0260. The SMILES string of the molecule is CC1(C)CNC(=O)C(CO)N(CC2CCCO2)C1. The van der Waals surface area contributed by atoms with E-state index in [1.54, 1.807) is 0 Å². The van der Waals surface area contributed by atoms with Gasteiger partial charge < -0.3 is 15.2 Å². The molecule has 0 aromatic heterocycles. The molecule has 2 fully saturated rings. The summed E-state index contributed by atoms with van der Waals surface area (Å²) in [6.45, 7) is 7.15. The Hall–Kier alpha value is -0.650. The standard InChI is InChI=1S/C13H24N2O3/c1-13(2)8-14-12(17)11(7-16)15(9-13)6-10-4-3-5-18-10/h10-11,16H,3-9H2,1-2H3,(H,14,17). The lowest BCUT2D eigenvalue weighted by molar-refractivity contribution is -0.127. The molecule has 5 nitrogen and oxygen atoms in total. The van der Waals surface area contributed by atoms with Crippen LogP contribution in [0.4, 0.5) is 0 Å². The smallest absolute Gasteiger partial charge is 0.239 e. The van der Waals surface area contributed by atoms with E-state index in [9.17, 15) is 9.90 Å². The van der Waals surface area contributed by atoms with Crippen LogP contribution in [0.3, 0.4) is 0 Å². The van der Waals surface area contributed by atoms with Gasteiger partial charge in [0.15, 0.2) is 0 Å². The van der Waals surface area contributed by atoms with Crippen molar-refractivity contribution in [2.45, 2.75) is 38.8 Å². The van der Waals surface area contributed by atoms with Crippen molar-refractivity contribution >= 4 is 5.91 Å². The maximum Gasteiger partial charge on any atom is 0.239 e. The first-order chi connectivity index (χ1) is 8.52. The molecule has 0 bridgehead atoms. The van der Waals surface area contributed by atoms with E-state index in [1.165, 1.54) is 0 Å². The van der Waals surface area contributed by atoms with Gasteiger partial charge in [0.2, 0.25) is 5.91 Å². The van der Waals surface area contributed by atoms with Crippen LogP contribution in [0.2, 0.25) is 0 Å². The number of ether oxygens (including phenoxy) is 1. The van der Waals surface area contributed by atoms with Gasteiger partial charge in [-0.2, -0.15) is 0 Å². The molecule has 1 amide bonds. The number of carbonyl (C=O) groups excluding carboxylic acids is 1. The van der Waals surface area contributed by atoms with Gasteiger partial charge in [-0.15, -0.1) is 0 Å². The second-order valence-corrected chi connectivity index (χ2v) is 6.14. The number of hydrogen-bond donors (Lipinski definition) is 2. The van der Waals surface area contributed by atoms with Gasteiger partial charge in [0.1, 0.15) is 6.04 Å². The van der Waals surface area contributed by atoms with Gasteiger partial charge in [-0.3, -0.25) is 9.69 Å². The Balaban J connectivity index is 2.07. The van der Waals surface area contributed by atoms with Crippen molar-refractivity contribution in [3.63, 3.8) is 0 Å². The number of rotatable bonds is 3. The van der Waals surface area contributed by atoms with Crippen molar-refractivity contribution in [2.24, 2.45) is 5.41 Å². The molecule has 18 heavy (non-hydrogen) atoms. The van der Waals surface area contributed by atoms with Crippen molar-refractivity contribution in [1.29, 1.82) is 0 Å². The largest absolute Gasteiger partial charge is 0.394 e. The second-order valence-electron chi connectivity index (χ2n) is 6.14. The summed E-state index contributed by atoms with van der Waals surface area (Å²) in [5, 5.41) is 12.4. The summed E-state index contributed by atoms with van der Waals surface area (Å²) in [5.41, 5.74) is 0.0260. The molecular weight excluding hydrogens is 232 g/mol. The molecule has 2 aliphatic heterocycles. The predicted molar refractivity (Wildman–Crippen MR) is 68.2 cm³/mol. The molecule has 2 heterocycles. The maximum atomic E-state index is 12.0. The third-order valence-corrected chi connectivity index (χ3v) is 3.75. The Morgan fingerprint density at radius 3 is 2.94 bits per heavy atom. The molecule has 0 saturated carbocycles. The summed E-state index contributed by atoms with van der Waals surface area (Å²) in [7, 11) is 0. The fourth-order valence-corrected chi connectivity index (χ4v) is 2.77. The van der Waals surface area contributed by atoms with E-state index in [1.807, 2.05) is 0 Å². The first-order valence-corrected chi connectivity index (χ1v) is 6.76. The van der Waals surface area contributed by atoms with E-state index in [0.717, 1.165) is 32.5 Å². The van der Waals surface area contributed by atoms with Gasteiger partial charge in [-0.25, -0.2) is 0 Å². The number of aliphatic hydroxyl groups excluding tert-OH is 1. The van der Waals surface area contributed by atoms with Crippen LogP contribution in [0, 0.1) is 5.41 Å². The lowest BCUT2D eigenvalue weighted by atomic mass is 9.93. The summed E-state index contributed by atoms with van der Waals surface area (Å²) in [6.07, 6.45) is 2.36. The minimum atomic E-state index is -0.434. The van der Waals surface area contributed by atoms with Crippen LogP contribution in [0.15, 0.2) is 0 Å². The molecule has 2 unspecified atom stereocenters. The highest BCUT2D eigenvalue weighted by atomic mass is 16.5. The summed E-state index contributed by atoms with van der Waals surface area (Å²) < 4.78 is 5.64. The second kappa shape index (κ2) is 5.55. The van der Waals surface area contributed by atoms with E-state index < -0.39 is 6.04 Å². The summed E-state index contributed by atoms with van der Waals surface area (Å²) in [4.78, 5) is 14.0. The van der Waals surface area contributed by atoms with Crippen molar-refractivity contribution in [1.82, 2.24) is 10.2 Å². The average Bonchev–Trinajstić information content (AvgIpc) is 2.76. The molecule has 2 aliphatic rings. The highest BCUT2D eigenvalue weighted by Crippen LogP contribution is 2.23. The lowest BCUT2D eigenvalue weighted by Crippen LogP contribution is -2.49. The van der Waals surface area contributed by atoms with Crippen LogP contribution in [0.5, 0.6) is 0 Å². The zero-order valence-electron chi connectivity index (χ0n) is 11.3. The van der Waals surface area contributed by atoms with Crippen LogP contribution >= 0.6 is 0 Å². The van der Waals surface area contributed by atoms with Gasteiger partial charge >= 0.3 is 0 Å². The molecule has 0 aliphatic carbocycles. The molecule has 2 N–H and O–H groups in total. The molecule has 5 heteroatoms. The quantitative estimate of drug-likeness (QED) is 0.745. The zero-order chi connectivity index (χ0) is 13.2. The minimum Gasteiger partial charge on any atom is -0.394 e. The van der Waals surface area contributed by atoms with E-state index in [-0.39, 0.29) is 24.0 Å². The van der Waals surface area contributed by atoms with Crippen LogP contribution in [0.25, 0.3) is 0 Å². The maximum absolute atomic E-state index is 12.0. The van der Waals surface area contributed by atoms with Gasteiger partial charge in [0, 0.05) is 26.2 Å². The molecule has 0 spiro atoms. The van der Waals surface area contributed by atoms with Gasteiger partial charge in [0.25, 0.3) is 0 Å². The Morgan fingerprint density at radius 2 is 2.33 bits per heavy atom. The first-order valence-electron chi connectivity index (χ1n) is 6.76. The Labute approximate surface area is 108 Å². The Morgan fingerprint density at radius 1 is 1.56 bits per heavy atom. The van der Waals surface area contributed by atoms with Gasteiger partial charge in [0.05, 0.1) is 12.7 Å². The number of nitrogens with one attached hydrogen (secondary N) is 1. The van der Waals surface area contributed by atoms with Crippen LogP contribution in [-0.2, 0) is 9.53 Å². The third kappa shape index (κ3) is 3.22. The molecule has 0 aromatic rings.